The number of aromatic nitrogens is 1. The molecular formula is C45H47N5O7. The van der Waals surface area contributed by atoms with Gasteiger partial charge in [0.2, 0.25) is 5.56 Å². The average molecular weight is 770 g/mol. The Morgan fingerprint density at radius 3 is 2.26 bits per heavy atom. The number of phenols is 1. The molecule has 4 aliphatic heterocycles. The maximum absolute atomic E-state index is 13.8. The molecule has 12 heteroatoms. The number of likely N-dealkylation sites (tertiary alicyclic amines) is 1. The van der Waals surface area contributed by atoms with E-state index in [0.717, 1.165) is 55.6 Å². The summed E-state index contributed by atoms with van der Waals surface area (Å²) in [5.41, 5.74) is 3.45. The molecule has 2 bridgehead atoms. The van der Waals surface area contributed by atoms with Crippen LogP contribution < -0.4 is 16.2 Å². The van der Waals surface area contributed by atoms with Crippen molar-refractivity contribution in [2.45, 2.75) is 43.4 Å². The Labute approximate surface area is 330 Å². The van der Waals surface area contributed by atoms with E-state index >= 15 is 0 Å². The summed E-state index contributed by atoms with van der Waals surface area (Å²) in [6.07, 6.45) is 1.88. The molecule has 5 N–H and O–H groups in total. The van der Waals surface area contributed by atoms with Crippen LogP contribution in [0.5, 0.6) is 5.75 Å². The molecule has 9 rings (SSSR count). The Morgan fingerprint density at radius 1 is 0.860 bits per heavy atom. The van der Waals surface area contributed by atoms with Crippen LogP contribution >= 0.6 is 0 Å². The lowest BCUT2D eigenvalue weighted by atomic mass is 9.73. The minimum atomic E-state index is -0.905. The van der Waals surface area contributed by atoms with Crippen LogP contribution in [-0.4, -0.2) is 94.7 Å². The molecule has 0 unspecified atom stereocenters. The minimum Gasteiger partial charge on any atom is -0.506 e. The van der Waals surface area contributed by atoms with E-state index in [9.17, 15) is 29.4 Å². The van der Waals surface area contributed by atoms with Gasteiger partial charge in [-0.05, 0) is 103 Å². The number of nitrogens with one attached hydrogen (secondary N) is 3. The number of aliphatic hydroxyl groups excluding tert-OH is 1. The van der Waals surface area contributed by atoms with E-state index in [-0.39, 0.29) is 48.3 Å². The molecule has 5 aromatic rings. The minimum absolute atomic E-state index is 0.0491. The summed E-state index contributed by atoms with van der Waals surface area (Å²) in [7, 11) is 0. The van der Waals surface area contributed by atoms with Crippen LogP contribution in [0.1, 0.15) is 61.9 Å². The number of pyridine rings is 1. The molecule has 0 saturated carbocycles. The molecule has 2 atom stereocenters. The second kappa shape index (κ2) is 16.3. The van der Waals surface area contributed by atoms with Gasteiger partial charge in [0.05, 0.1) is 11.6 Å². The third kappa shape index (κ3) is 8.06. The van der Waals surface area contributed by atoms with Gasteiger partial charge in [0.15, 0.2) is 0 Å². The van der Waals surface area contributed by atoms with Crippen LogP contribution in [0.15, 0.2) is 108 Å². The van der Waals surface area contributed by atoms with Crippen LogP contribution in [-0.2, 0) is 27.9 Å². The third-order valence-electron chi connectivity index (χ3n) is 11.8. The lowest BCUT2D eigenvalue weighted by Crippen LogP contribution is -2.66. The van der Waals surface area contributed by atoms with Gasteiger partial charge in [-0.25, -0.2) is 0 Å². The van der Waals surface area contributed by atoms with Gasteiger partial charge in [0.25, 0.3) is 11.8 Å². The van der Waals surface area contributed by atoms with Crippen molar-refractivity contribution in [1.29, 1.82) is 0 Å². The normalized spacial score (nSPS) is 20.1. The first kappa shape index (κ1) is 38.1. The standard InChI is InChI=1S/C45H47N5O7/c51-37-16-14-35(36-15-17-40(53)48-41(36)37)38(52)25-46-21-18-29-6-8-30(9-7-29)24-47-42(54)32-10-12-33(13-11-32)43(55)50-27-45(28-50,34-4-2-1-3-5-34)44(56)57-39-26-49-22-19-31(39)20-23-49/h1-17,31,38-39,46,51-52H,18-28H2,(H,47,54)(H,48,53)/t38-,39-/m0/s1. The van der Waals surface area contributed by atoms with Crippen molar-refractivity contribution in [1.82, 2.24) is 25.4 Å². The molecule has 5 heterocycles. The fourth-order valence-electron chi connectivity index (χ4n) is 8.42. The number of esters is 1. The SMILES string of the molecule is O=C(NCc1ccc(CCNC[C@H](O)c2ccc(O)c3[nH]c(=O)ccc23)cc1)c1ccc(C(=O)N2CC(C(=O)O[C@H]3CN4CCC3CC4)(c3ccccc3)C2)cc1. The third-order valence-corrected chi connectivity index (χ3v) is 11.8. The molecule has 294 valence electrons. The Kier molecular flexibility index (Phi) is 10.9. The number of benzene rings is 4. The summed E-state index contributed by atoms with van der Waals surface area (Å²) in [5, 5.41) is 27.7. The zero-order valence-corrected chi connectivity index (χ0v) is 31.7. The maximum Gasteiger partial charge on any atom is 0.320 e. The molecule has 0 spiro atoms. The van der Waals surface area contributed by atoms with Crippen molar-refractivity contribution in [3.8, 4) is 5.75 Å². The highest BCUT2D eigenvalue weighted by molar-refractivity contribution is 5.99. The number of piperidine rings is 3. The number of H-pyrrole nitrogens is 1. The van der Waals surface area contributed by atoms with Crippen LogP contribution in [0.2, 0.25) is 0 Å². The summed E-state index contributed by atoms with van der Waals surface area (Å²) >= 11 is 0. The van der Waals surface area contributed by atoms with Gasteiger partial charge in [-0.1, -0.05) is 60.7 Å². The highest BCUT2D eigenvalue weighted by atomic mass is 16.5. The van der Waals surface area contributed by atoms with Crippen LogP contribution in [0, 0.1) is 5.92 Å². The van der Waals surface area contributed by atoms with E-state index in [4.69, 9.17) is 4.74 Å². The molecular weight excluding hydrogens is 723 g/mol. The summed E-state index contributed by atoms with van der Waals surface area (Å²) in [6.45, 7) is 4.62. The quantitative estimate of drug-likeness (QED) is 0.0878. The van der Waals surface area contributed by atoms with Gasteiger partial charge in [-0.2, -0.15) is 0 Å². The fourth-order valence-corrected chi connectivity index (χ4v) is 8.42. The zero-order valence-electron chi connectivity index (χ0n) is 31.7. The number of carbonyl (C=O) groups excluding carboxylic acids is 3. The van der Waals surface area contributed by atoms with E-state index < -0.39 is 11.5 Å². The van der Waals surface area contributed by atoms with Gasteiger partial charge in [-0.15, -0.1) is 0 Å². The molecule has 4 fully saturated rings. The summed E-state index contributed by atoms with van der Waals surface area (Å²) in [5.74, 6) is -0.362. The molecule has 12 nitrogen and oxygen atoms in total. The first-order valence-corrected chi connectivity index (χ1v) is 19.6. The molecule has 57 heavy (non-hydrogen) atoms. The molecule has 4 aliphatic rings. The number of amides is 2. The predicted molar refractivity (Wildman–Crippen MR) is 215 cm³/mol. The first-order valence-electron chi connectivity index (χ1n) is 19.6. The lowest BCUT2D eigenvalue weighted by molar-refractivity contribution is -0.171. The number of aliphatic hydroxyl groups is 1. The summed E-state index contributed by atoms with van der Waals surface area (Å²) < 4.78 is 6.19. The second-order valence-corrected chi connectivity index (χ2v) is 15.5. The molecule has 0 aliphatic carbocycles. The number of carbonyl (C=O) groups is 3. The molecule has 1 aromatic heterocycles. The Balaban J connectivity index is 0.796. The summed E-state index contributed by atoms with van der Waals surface area (Å²) in [4.78, 5) is 58.7. The van der Waals surface area contributed by atoms with Gasteiger partial charge >= 0.3 is 5.97 Å². The lowest BCUT2D eigenvalue weighted by Gasteiger charge is -2.50. The predicted octanol–water partition coefficient (Wildman–Crippen LogP) is 4.06. The van der Waals surface area contributed by atoms with Gasteiger partial charge in [0, 0.05) is 55.3 Å². The van der Waals surface area contributed by atoms with Crippen molar-refractivity contribution in [2.75, 3.05) is 45.8 Å². The number of rotatable bonds is 13. The summed E-state index contributed by atoms with van der Waals surface area (Å²) in [6, 6.07) is 30.2. The van der Waals surface area contributed by atoms with Crippen molar-refractivity contribution in [3.63, 3.8) is 0 Å². The van der Waals surface area contributed by atoms with Gasteiger partial charge in [-0.3, -0.25) is 24.1 Å². The van der Waals surface area contributed by atoms with Crippen molar-refractivity contribution in [3.05, 3.63) is 147 Å². The largest absolute Gasteiger partial charge is 0.506 e. The Morgan fingerprint density at radius 2 is 1.56 bits per heavy atom. The number of phenolic OH excluding ortho intramolecular Hbond substituents is 1. The highest BCUT2D eigenvalue weighted by Crippen LogP contribution is 2.39. The zero-order chi connectivity index (χ0) is 39.5. The van der Waals surface area contributed by atoms with Gasteiger partial charge in [0.1, 0.15) is 17.3 Å². The van der Waals surface area contributed by atoms with E-state index in [1.165, 1.54) is 12.1 Å². The highest BCUT2D eigenvalue weighted by Gasteiger charge is 2.55. The smallest absolute Gasteiger partial charge is 0.320 e. The number of hydrogen-bond acceptors (Lipinski definition) is 9. The Bertz CT molecular complexity index is 2300. The van der Waals surface area contributed by atoms with Crippen molar-refractivity contribution < 1.29 is 29.3 Å². The second-order valence-electron chi connectivity index (χ2n) is 15.5. The van der Waals surface area contributed by atoms with Crippen LogP contribution in [0.4, 0.5) is 0 Å². The molecule has 2 amide bonds. The van der Waals surface area contributed by atoms with Crippen LogP contribution in [0.3, 0.4) is 0 Å². The number of ether oxygens (including phenoxy) is 1. The molecule has 4 saturated heterocycles. The number of aromatic amines is 1. The average Bonchev–Trinajstić information content (AvgIpc) is 3.22. The van der Waals surface area contributed by atoms with E-state index in [0.29, 0.717) is 53.1 Å². The maximum atomic E-state index is 13.8. The number of nitrogens with zero attached hydrogens (tertiary/aromatic N) is 2. The van der Waals surface area contributed by atoms with E-state index in [1.54, 1.807) is 41.3 Å². The monoisotopic (exact) mass is 769 g/mol. The molecule has 0 radical (unpaired) electrons. The number of hydrogen-bond donors (Lipinski definition) is 5. The fraction of sp³-hybridized carbons (Fsp3) is 0.333. The van der Waals surface area contributed by atoms with E-state index in [2.05, 4.69) is 20.5 Å². The topological polar surface area (TPSA) is 164 Å². The van der Waals surface area contributed by atoms with Crippen molar-refractivity contribution in [2.24, 2.45) is 5.92 Å². The number of aromatic hydroxyl groups is 1. The van der Waals surface area contributed by atoms with E-state index in [1.807, 2.05) is 54.6 Å². The van der Waals surface area contributed by atoms with Crippen molar-refractivity contribution >= 4 is 28.7 Å². The first-order chi connectivity index (χ1) is 27.7. The molecule has 4 aromatic carbocycles. The van der Waals surface area contributed by atoms with Gasteiger partial charge < -0.3 is 35.5 Å². The number of fused-ring (bicyclic) bond motifs is 4. The Hall–Kier alpha value is -5.82. The van der Waals surface area contributed by atoms with Crippen LogP contribution in [0.25, 0.3) is 10.9 Å².